The van der Waals surface area contributed by atoms with Crippen LogP contribution in [0, 0.1) is 6.92 Å². The molecule has 1 aromatic carbocycles. The van der Waals surface area contributed by atoms with Crippen LogP contribution in [0.3, 0.4) is 0 Å². The molecule has 6 heteroatoms. The lowest BCUT2D eigenvalue weighted by molar-refractivity contribution is 0.100. The van der Waals surface area contributed by atoms with E-state index in [1.165, 1.54) is 6.33 Å². The van der Waals surface area contributed by atoms with Crippen molar-refractivity contribution in [3.63, 3.8) is 0 Å². The fourth-order valence-corrected chi connectivity index (χ4v) is 3.28. The first-order valence-electron chi connectivity index (χ1n) is 6.40. The van der Waals surface area contributed by atoms with Gasteiger partial charge in [-0.3, -0.25) is 14.2 Å². The van der Waals surface area contributed by atoms with Gasteiger partial charge in [-0.05, 0) is 18.1 Å². The van der Waals surface area contributed by atoms with Crippen LogP contribution >= 0.6 is 11.3 Å². The third-order valence-corrected chi connectivity index (χ3v) is 4.55. The second kappa shape index (κ2) is 5.14. The van der Waals surface area contributed by atoms with E-state index in [1.807, 2.05) is 30.3 Å². The highest BCUT2D eigenvalue weighted by Crippen LogP contribution is 2.26. The molecule has 0 aliphatic heterocycles. The number of fused-ring (bicyclic) bond motifs is 1. The number of thiophene rings is 1. The van der Waals surface area contributed by atoms with Crippen LogP contribution in [-0.4, -0.2) is 15.5 Å². The van der Waals surface area contributed by atoms with Crippen molar-refractivity contribution in [2.24, 2.45) is 5.73 Å². The molecule has 0 atom stereocenters. The number of rotatable bonds is 3. The molecule has 0 bridgehead atoms. The number of nitrogens with two attached hydrogens (primary N) is 1. The summed E-state index contributed by atoms with van der Waals surface area (Å²) in [4.78, 5) is 29.2. The van der Waals surface area contributed by atoms with E-state index in [0.29, 0.717) is 27.2 Å². The summed E-state index contributed by atoms with van der Waals surface area (Å²) in [6.45, 7) is 2.18. The van der Waals surface area contributed by atoms with Gasteiger partial charge in [0.15, 0.2) is 0 Å². The van der Waals surface area contributed by atoms with Gasteiger partial charge in [0.05, 0.1) is 23.1 Å². The van der Waals surface area contributed by atoms with E-state index in [0.717, 1.165) is 16.9 Å². The van der Waals surface area contributed by atoms with Gasteiger partial charge < -0.3 is 5.73 Å². The third-order valence-electron chi connectivity index (χ3n) is 3.34. The van der Waals surface area contributed by atoms with Gasteiger partial charge in [0.1, 0.15) is 4.83 Å². The number of aryl methyl sites for hydroxylation is 1. The monoisotopic (exact) mass is 299 g/mol. The van der Waals surface area contributed by atoms with Gasteiger partial charge in [0, 0.05) is 0 Å². The number of nitrogens with zero attached hydrogens (tertiary/aromatic N) is 2. The zero-order valence-corrected chi connectivity index (χ0v) is 12.2. The first-order chi connectivity index (χ1) is 10.1. The molecular formula is C15H13N3O2S. The Labute approximate surface area is 124 Å². The van der Waals surface area contributed by atoms with Crippen molar-refractivity contribution < 1.29 is 4.79 Å². The summed E-state index contributed by atoms with van der Waals surface area (Å²) in [5.41, 5.74) is 6.81. The van der Waals surface area contributed by atoms with E-state index < -0.39 is 5.91 Å². The van der Waals surface area contributed by atoms with Crippen molar-refractivity contribution in [3.05, 3.63) is 63.0 Å². The summed E-state index contributed by atoms with van der Waals surface area (Å²) in [5, 5.41) is 0.479. The molecule has 0 radical (unpaired) electrons. The zero-order valence-electron chi connectivity index (χ0n) is 11.4. The lowest BCUT2D eigenvalue weighted by Crippen LogP contribution is -2.21. The number of benzene rings is 1. The summed E-state index contributed by atoms with van der Waals surface area (Å²) in [5.74, 6) is -0.524. The third kappa shape index (κ3) is 2.34. The van der Waals surface area contributed by atoms with Crippen molar-refractivity contribution >= 4 is 27.5 Å². The molecular weight excluding hydrogens is 286 g/mol. The van der Waals surface area contributed by atoms with E-state index >= 15 is 0 Å². The largest absolute Gasteiger partial charge is 0.365 e. The molecule has 0 saturated carbocycles. The van der Waals surface area contributed by atoms with Crippen LogP contribution in [0.4, 0.5) is 0 Å². The first-order valence-corrected chi connectivity index (χ1v) is 7.22. The Balaban J connectivity index is 2.14. The number of hydrogen-bond donors (Lipinski definition) is 1. The Morgan fingerprint density at radius 3 is 2.71 bits per heavy atom. The SMILES string of the molecule is Cc1c(C(N)=O)sc2ncn(Cc3ccccc3)c(=O)c12. The molecule has 0 saturated heterocycles. The minimum absolute atomic E-state index is 0.148. The van der Waals surface area contributed by atoms with E-state index in [4.69, 9.17) is 5.73 Å². The molecule has 1 amide bonds. The number of carbonyl (C=O) groups excluding carboxylic acids is 1. The number of hydrogen-bond acceptors (Lipinski definition) is 4. The van der Waals surface area contributed by atoms with Crippen LogP contribution in [0.25, 0.3) is 10.2 Å². The first kappa shape index (κ1) is 13.5. The van der Waals surface area contributed by atoms with Crippen LogP contribution in [0.15, 0.2) is 41.5 Å². The van der Waals surface area contributed by atoms with E-state index in [1.54, 1.807) is 11.5 Å². The maximum atomic E-state index is 12.6. The normalized spacial score (nSPS) is 10.9. The quantitative estimate of drug-likeness (QED) is 0.802. The highest BCUT2D eigenvalue weighted by atomic mass is 32.1. The Kier molecular flexibility index (Phi) is 3.31. The molecule has 21 heavy (non-hydrogen) atoms. The molecule has 106 valence electrons. The van der Waals surface area contributed by atoms with Crippen molar-refractivity contribution in [1.82, 2.24) is 9.55 Å². The fourth-order valence-electron chi connectivity index (χ4n) is 2.29. The highest BCUT2D eigenvalue weighted by Gasteiger charge is 2.17. The van der Waals surface area contributed by atoms with Crippen LogP contribution in [-0.2, 0) is 6.54 Å². The van der Waals surface area contributed by atoms with Gasteiger partial charge in [0.25, 0.3) is 11.5 Å². The molecule has 2 heterocycles. The molecule has 2 aromatic heterocycles. The molecule has 0 spiro atoms. The lowest BCUT2D eigenvalue weighted by atomic mass is 10.2. The summed E-state index contributed by atoms with van der Waals surface area (Å²) in [6.07, 6.45) is 1.51. The summed E-state index contributed by atoms with van der Waals surface area (Å²) in [7, 11) is 0. The molecule has 0 fully saturated rings. The van der Waals surface area contributed by atoms with Gasteiger partial charge in [-0.25, -0.2) is 4.98 Å². The van der Waals surface area contributed by atoms with Crippen molar-refractivity contribution in [2.45, 2.75) is 13.5 Å². The van der Waals surface area contributed by atoms with Gasteiger partial charge in [-0.1, -0.05) is 30.3 Å². The maximum Gasteiger partial charge on any atom is 0.262 e. The van der Waals surface area contributed by atoms with E-state index in [-0.39, 0.29) is 5.56 Å². The molecule has 0 aliphatic carbocycles. The van der Waals surface area contributed by atoms with E-state index in [2.05, 4.69) is 4.98 Å². The van der Waals surface area contributed by atoms with Crippen molar-refractivity contribution in [3.8, 4) is 0 Å². The number of amides is 1. The Hall–Kier alpha value is -2.47. The molecule has 3 aromatic rings. The van der Waals surface area contributed by atoms with Crippen LogP contribution < -0.4 is 11.3 Å². The van der Waals surface area contributed by atoms with Crippen LogP contribution in [0.1, 0.15) is 20.8 Å². The summed E-state index contributed by atoms with van der Waals surface area (Å²) >= 11 is 1.16. The van der Waals surface area contributed by atoms with Crippen molar-refractivity contribution in [1.29, 1.82) is 0 Å². The summed E-state index contributed by atoms with van der Waals surface area (Å²) < 4.78 is 1.54. The molecule has 3 rings (SSSR count). The lowest BCUT2D eigenvalue weighted by Gasteiger charge is -2.05. The second-order valence-corrected chi connectivity index (χ2v) is 5.76. The average molecular weight is 299 g/mol. The second-order valence-electron chi connectivity index (χ2n) is 4.76. The minimum atomic E-state index is -0.524. The Bertz CT molecular complexity index is 881. The van der Waals surface area contributed by atoms with Gasteiger partial charge in [-0.2, -0.15) is 0 Å². The minimum Gasteiger partial charge on any atom is -0.365 e. The summed E-state index contributed by atoms with van der Waals surface area (Å²) in [6, 6.07) is 9.68. The van der Waals surface area contributed by atoms with Crippen molar-refractivity contribution in [2.75, 3.05) is 0 Å². The predicted molar refractivity (Wildman–Crippen MR) is 82.7 cm³/mol. The Morgan fingerprint density at radius 2 is 2.05 bits per heavy atom. The topological polar surface area (TPSA) is 78.0 Å². The predicted octanol–water partition coefficient (Wildman–Crippen LogP) is 1.91. The van der Waals surface area contributed by atoms with E-state index in [9.17, 15) is 9.59 Å². The Morgan fingerprint density at radius 1 is 1.33 bits per heavy atom. The van der Waals surface area contributed by atoms with Gasteiger partial charge in [-0.15, -0.1) is 11.3 Å². The standard InChI is InChI=1S/C15H13N3O2S/c1-9-11-14(21-12(9)13(16)19)17-8-18(15(11)20)7-10-5-3-2-4-6-10/h2-6,8H,7H2,1H3,(H2,16,19). The van der Waals surface area contributed by atoms with Crippen LogP contribution in [0.5, 0.6) is 0 Å². The smallest absolute Gasteiger partial charge is 0.262 e. The van der Waals surface area contributed by atoms with Gasteiger partial charge in [0.2, 0.25) is 0 Å². The number of carbonyl (C=O) groups is 1. The van der Waals surface area contributed by atoms with Crippen LogP contribution in [0.2, 0.25) is 0 Å². The van der Waals surface area contributed by atoms with Gasteiger partial charge >= 0.3 is 0 Å². The average Bonchev–Trinajstić information content (AvgIpc) is 2.81. The molecule has 0 aliphatic rings. The maximum absolute atomic E-state index is 12.6. The fraction of sp³-hybridized carbons (Fsp3) is 0.133. The number of aromatic nitrogens is 2. The molecule has 5 nitrogen and oxygen atoms in total. The number of primary amides is 1. The molecule has 2 N–H and O–H groups in total. The highest BCUT2D eigenvalue weighted by molar-refractivity contribution is 7.20. The zero-order chi connectivity index (χ0) is 15.0. The molecule has 0 unspecified atom stereocenters.